The molecule has 0 aliphatic heterocycles. The van der Waals surface area contributed by atoms with Crippen molar-refractivity contribution in [3.05, 3.63) is 66.7 Å². The van der Waals surface area contributed by atoms with E-state index in [9.17, 15) is 9.59 Å². The number of esters is 2. The fraction of sp³-hybridized carbons (Fsp3) is 0.407. The fourth-order valence-electron chi connectivity index (χ4n) is 6.24. The highest BCUT2D eigenvalue weighted by atomic mass is 32.2. The molecule has 0 saturated heterocycles. The molecule has 2 atom stereocenters. The molecule has 4 aliphatic rings. The van der Waals surface area contributed by atoms with Crippen molar-refractivity contribution in [2.24, 2.45) is 17.3 Å². The van der Waals surface area contributed by atoms with Gasteiger partial charge < -0.3 is 9.47 Å². The van der Waals surface area contributed by atoms with Crippen molar-refractivity contribution in [1.82, 2.24) is 0 Å². The zero-order chi connectivity index (χ0) is 22.3. The van der Waals surface area contributed by atoms with Gasteiger partial charge in [-0.3, -0.25) is 4.79 Å². The lowest BCUT2D eigenvalue weighted by Gasteiger charge is -2.59. The minimum absolute atomic E-state index is 0.175. The Morgan fingerprint density at radius 2 is 1.56 bits per heavy atom. The summed E-state index contributed by atoms with van der Waals surface area (Å²) in [7, 11) is 0. The summed E-state index contributed by atoms with van der Waals surface area (Å²) in [6, 6.07) is 17.9. The zero-order valence-corrected chi connectivity index (χ0v) is 19.2. The quantitative estimate of drug-likeness (QED) is 0.299. The van der Waals surface area contributed by atoms with Crippen LogP contribution in [0.3, 0.4) is 0 Å². The van der Waals surface area contributed by atoms with Gasteiger partial charge in [-0.1, -0.05) is 36.5 Å². The summed E-state index contributed by atoms with van der Waals surface area (Å²) in [6.07, 6.45) is 5.04. The lowest BCUT2D eigenvalue weighted by Crippen LogP contribution is -2.60. The van der Waals surface area contributed by atoms with Crippen molar-refractivity contribution < 1.29 is 19.1 Å². The van der Waals surface area contributed by atoms with Crippen molar-refractivity contribution in [2.75, 3.05) is 0 Å². The maximum atomic E-state index is 13.4. The van der Waals surface area contributed by atoms with Crippen LogP contribution in [-0.4, -0.2) is 17.5 Å². The van der Waals surface area contributed by atoms with E-state index in [1.165, 1.54) is 4.90 Å². The topological polar surface area (TPSA) is 52.6 Å². The Morgan fingerprint density at radius 1 is 0.938 bits per heavy atom. The molecule has 2 aromatic carbocycles. The molecule has 0 radical (unpaired) electrons. The van der Waals surface area contributed by atoms with Crippen LogP contribution in [0.4, 0.5) is 0 Å². The van der Waals surface area contributed by atoms with Crippen LogP contribution in [0.2, 0.25) is 0 Å². The minimum Gasteiger partial charge on any atom is -0.456 e. The molecule has 4 aliphatic carbocycles. The van der Waals surface area contributed by atoms with Gasteiger partial charge in [0, 0.05) is 21.8 Å². The Bertz CT molecular complexity index is 1030. The van der Waals surface area contributed by atoms with Gasteiger partial charge in [0.15, 0.2) is 0 Å². The SMILES string of the molecule is C=C(C)C(=O)OC12CC3CC(C1)CC(C(=O)Oc1ccc(Sc4ccccc4)cc1)(C3)C2. The summed E-state index contributed by atoms with van der Waals surface area (Å²) in [6.45, 7) is 5.40. The molecular weight excluding hydrogens is 420 g/mol. The Balaban J connectivity index is 1.30. The number of rotatable bonds is 6. The highest BCUT2D eigenvalue weighted by molar-refractivity contribution is 7.99. The van der Waals surface area contributed by atoms with Crippen molar-refractivity contribution in [1.29, 1.82) is 0 Å². The van der Waals surface area contributed by atoms with Gasteiger partial charge >= 0.3 is 11.9 Å². The van der Waals surface area contributed by atoms with Gasteiger partial charge in [-0.15, -0.1) is 0 Å². The van der Waals surface area contributed by atoms with Gasteiger partial charge in [0.1, 0.15) is 11.4 Å². The molecule has 4 nitrogen and oxygen atoms in total. The number of hydrogen-bond donors (Lipinski definition) is 0. The maximum Gasteiger partial charge on any atom is 0.333 e. The van der Waals surface area contributed by atoms with E-state index in [1.807, 2.05) is 42.5 Å². The van der Waals surface area contributed by atoms with Crippen molar-refractivity contribution >= 4 is 23.7 Å². The van der Waals surface area contributed by atoms with E-state index in [-0.39, 0.29) is 11.9 Å². The summed E-state index contributed by atoms with van der Waals surface area (Å²) in [5.74, 6) is 0.863. The van der Waals surface area contributed by atoms with E-state index in [4.69, 9.17) is 9.47 Å². The first kappa shape index (κ1) is 21.3. The third-order valence-corrected chi connectivity index (χ3v) is 8.13. The minimum atomic E-state index is -0.559. The third kappa shape index (κ3) is 4.11. The number of carbonyl (C=O) groups is 2. The molecule has 0 N–H and O–H groups in total. The zero-order valence-electron chi connectivity index (χ0n) is 18.3. The smallest absolute Gasteiger partial charge is 0.333 e. The monoisotopic (exact) mass is 448 g/mol. The second kappa shape index (κ2) is 8.11. The van der Waals surface area contributed by atoms with Crippen LogP contribution >= 0.6 is 11.8 Å². The summed E-state index contributed by atoms with van der Waals surface area (Å²) < 4.78 is 11.9. The Hall–Kier alpha value is -2.53. The van der Waals surface area contributed by atoms with E-state index in [2.05, 4.69) is 18.7 Å². The molecular formula is C27H28O4S. The molecule has 0 amide bonds. The molecule has 32 heavy (non-hydrogen) atoms. The molecule has 0 heterocycles. The molecule has 0 aromatic heterocycles. The predicted molar refractivity (Wildman–Crippen MR) is 123 cm³/mol. The number of hydrogen-bond acceptors (Lipinski definition) is 5. The first-order chi connectivity index (χ1) is 15.3. The van der Waals surface area contributed by atoms with Crippen LogP contribution < -0.4 is 4.74 Å². The van der Waals surface area contributed by atoms with Gasteiger partial charge in [-0.25, -0.2) is 4.79 Å². The first-order valence-electron chi connectivity index (χ1n) is 11.3. The van der Waals surface area contributed by atoms with Crippen molar-refractivity contribution in [3.8, 4) is 5.75 Å². The van der Waals surface area contributed by atoms with Gasteiger partial charge in [-0.05, 0) is 87.3 Å². The highest BCUT2D eigenvalue weighted by Gasteiger charge is 2.63. The molecule has 4 bridgehead atoms. The number of ether oxygens (including phenoxy) is 2. The molecule has 5 heteroatoms. The number of benzene rings is 2. The normalized spacial score (nSPS) is 30.0. The average molecular weight is 449 g/mol. The van der Waals surface area contributed by atoms with Gasteiger partial charge in [0.2, 0.25) is 0 Å². The van der Waals surface area contributed by atoms with Crippen LogP contribution in [0, 0.1) is 17.3 Å². The van der Waals surface area contributed by atoms with Crippen LogP contribution in [-0.2, 0) is 14.3 Å². The maximum absolute atomic E-state index is 13.4. The predicted octanol–water partition coefficient (Wildman–Crippen LogP) is 6.20. The van der Waals surface area contributed by atoms with E-state index in [1.54, 1.807) is 18.7 Å². The molecule has 6 rings (SSSR count). The fourth-order valence-corrected chi connectivity index (χ4v) is 7.07. The van der Waals surface area contributed by atoms with E-state index in [0.29, 0.717) is 29.6 Å². The lowest BCUT2D eigenvalue weighted by atomic mass is 9.48. The van der Waals surface area contributed by atoms with E-state index >= 15 is 0 Å². The van der Waals surface area contributed by atoms with Crippen LogP contribution in [0.25, 0.3) is 0 Å². The molecule has 2 unspecified atom stereocenters. The van der Waals surface area contributed by atoms with Gasteiger partial charge in [-0.2, -0.15) is 0 Å². The molecule has 0 spiro atoms. The molecule has 4 saturated carbocycles. The summed E-state index contributed by atoms with van der Waals surface area (Å²) in [5, 5.41) is 0. The third-order valence-electron chi connectivity index (χ3n) is 7.11. The second-order valence-electron chi connectivity index (χ2n) is 9.87. The van der Waals surface area contributed by atoms with Crippen LogP contribution in [0.15, 0.2) is 76.5 Å². The first-order valence-corrected chi connectivity index (χ1v) is 12.1. The second-order valence-corrected chi connectivity index (χ2v) is 11.0. The van der Waals surface area contributed by atoms with Gasteiger partial charge in [0.25, 0.3) is 0 Å². The molecule has 2 aromatic rings. The van der Waals surface area contributed by atoms with Crippen LogP contribution in [0.5, 0.6) is 5.75 Å². The van der Waals surface area contributed by atoms with Crippen molar-refractivity contribution in [3.63, 3.8) is 0 Å². The largest absolute Gasteiger partial charge is 0.456 e. The Labute approximate surface area is 193 Å². The van der Waals surface area contributed by atoms with E-state index in [0.717, 1.165) is 37.0 Å². The molecule has 4 fully saturated rings. The number of carbonyl (C=O) groups excluding carboxylic acids is 2. The summed E-state index contributed by atoms with van der Waals surface area (Å²) >= 11 is 1.67. The van der Waals surface area contributed by atoms with Gasteiger partial charge in [0.05, 0.1) is 5.41 Å². The lowest BCUT2D eigenvalue weighted by molar-refractivity contribution is -0.206. The van der Waals surface area contributed by atoms with Crippen molar-refractivity contribution in [2.45, 2.75) is 60.8 Å². The van der Waals surface area contributed by atoms with E-state index < -0.39 is 11.0 Å². The standard InChI is InChI=1S/C27H28O4S/c1-18(2)24(28)31-27-15-19-12-20(16-27)14-26(13-19,17-27)25(29)30-21-8-10-23(11-9-21)32-22-6-4-3-5-7-22/h3-11,19-20H,1,12-17H2,2H3. The molecule has 166 valence electrons. The highest BCUT2D eigenvalue weighted by Crippen LogP contribution is 2.63. The summed E-state index contributed by atoms with van der Waals surface area (Å²) in [5.41, 5.74) is -0.697. The average Bonchev–Trinajstić information content (AvgIpc) is 2.74. The summed E-state index contributed by atoms with van der Waals surface area (Å²) in [4.78, 5) is 28.0. The Kier molecular flexibility index (Phi) is 5.40. The van der Waals surface area contributed by atoms with Crippen LogP contribution in [0.1, 0.15) is 45.4 Å². The Morgan fingerprint density at radius 3 is 2.19 bits per heavy atom.